The van der Waals surface area contributed by atoms with Crippen LogP contribution in [0.1, 0.15) is 44.6 Å². The molecule has 4 aliphatic rings. The van der Waals surface area contributed by atoms with Gasteiger partial charge in [-0.05, 0) is 86.7 Å². The molecule has 0 amide bonds. The summed E-state index contributed by atoms with van der Waals surface area (Å²) in [6.07, 6.45) is 7.76. The first-order chi connectivity index (χ1) is 17.3. The van der Waals surface area contributed by atoms with Gasteiger partial charge in [-0.25, -0.2) is 4.98 Å². The number of nitrogens with zero attached hydrogens (tertiary/aromatic N) is 3. The van der Waals surface area contributed by atoms with Crippen LogP contribution in [0.5, 0.6) is 0 Å². The Morgan fingerprint density at radius 1 is 0.543 bits per heavy atom. The fourth-order valence-electron chi connectivity index (χ4n) is 7.03. The molecule has 3 aromatic carbocycles. The van der Waals surface area contributed by atoms with E-state index in [1.54, 1.807) is 0 Å². The van der Waals surface area contributed by atoms with Crippen molar-refractivity contribution in [2.45, 2.75) is 25.7 Å². The minimum Gasteiger partial charge on any atom is -0.292 e. The van der Waals surface area contributed by atoms with Crippen LogP contribution in [0.15, 0.2) is 79.1 Å². The van der Waals surface area contributed by atoms with Gasteiger partial charge >= 0.3 is 0 Å². The Kier molecular flexibility index (Phi) is 3.24. The second kappa shape index (κ2) is 6.25. The maximum absolute atomic E-state index is 4.85. The van der Waals surface area contributed by atoms with E-state index in [0.717, 1.165) is 37.2 Å². The molecule has 3 heteroatoms. The molecule has 2 aliphatic heterocycles. The van der Waals surface area contributed by atoms with Gasteiger partial charge in [-0.2, -0.15) is 0 Å². The minimum absolute atomic E-state index is 0.846. The van der Waals surface area contributed by atoms with Crippen molar-refractivity contribution < 1.29 is 0 Å². The second-order valence-corrected chi connectivity index (χ2v) is 10.2. The smallest absolute Gasteiger partial charge is 0.141 e. The molecule has 2 aliphatic carbocycles. The Bertz CT molecular complexity index is 1760. The van der Waals surface area contributed by atoms with E-state index in [9.17, 15) is 0 Å². The average molecular weight is 448 g/mol. The lowest BCUT2D eigenvalue weighted by Crippen LogP contribution is -2.26. The first-order valence-corrected chi connectivity index (χ1v) is 12.4. The maximum atomic E-state index is 4.85. The van der Waals surface area contributed by atoms with Gasteiger partial charge in [0.05, 0.1) is 17.1 Å². The van der Waals surface area contributed by atoms with Gasteiger partial charge in [0, 0.05) is 30.8 Å². The number of hydrogen-bond acceptors (Lipinski definition) is 3. The summed E-state index contributed by atoms with van der Waals surface area (Å²) in [5.74, 6) is 1.05. The Morgan fingerprint density at radius 3 is 2.37 bits per heavy atom. The molecule has 0 unspecified atom stereocenters. The SMILES string of the molecule is c1ccc2c(c1)Cc1c-2ccc2c1Cc1ccc3c(c1-2)Cc1ccnc2c1N3c1ncccc1C2. The van der Waals surface area contributed by atoms with Gasteiger partial charge in [0.1, 0.15) is 5.82 Å². The van der Waals surface area contributed by atoms with E-state index in [1.165, 1.54) is 72.6 Å². The number of hydrogen-bond donors (Lipinski definition) is 0. The van der Waals surface area contributed by atoms with E-state index in [1.807, 2.05) is 18.5 Å². The Labute approximate surface area is 203 Å². The van der Waals surface area contributed by atoms with Crippen LogP contribution in [0.3, 0.4) is 0 Å². The van der Waals surface area contributed by atoms with Crippen molar-refractivity contribution in [1.29, 1.82) is 0 Å². The molecule has 3 nitrogen and oxygen atoms in total. The lowest BCUT2D eigenvalue weighted by molar-refractivity contribution is 0.939. The van der Waals surface area contributed by atoms with E-state index in [2.05, 4.69) is 65.6 Å². The highest BCUT2D eigenvalue weighted by Gasteiger charge is 2.37. The molecule has 0 N–H and O–H groups in total. The molecule has 4 heterocycles. The molecule has 0 radical (unpaired) electrons. The molecule has 0 atom stereocenters. The molecular weight excluding hydrogens is 426 g/mol. The monoisotopic (exact) mass is 447 g/mol. The summed E-state index contributed by atoms with van der Waals surface area (Å²) >= 11 is 0. The number of rotatable bonds is 0. The molecule has 9 rings (SSSR count). The maximum Gasteiger partial charge on any atom is 0.141 e. The fourth-order valence-corrected chi connectivity index (χ4v) is 7.03. The van der Waals surface area contributed by atoms with Gasteiger partial charge in [-0.1, -0.05) is 48.5 Å². The fraction of sp³-hybridized carbons (Fsp3) is 0.125. The topological polar surface area (TPSA) is 29.0 Å². The molecule has 0 saturated carbocycles. The van der Waals surface area contributed by atoms with Crippen LogP contribution >= 0.6 is 0 Å². The quantitative estimate of drug-likeness (QED) is 0.253. The van der Waals surface area contributed by atoms with Crippen molar-refractivity contribution in [2.24, 2.45) is 0 Å². The minimum atomic E-state index is 0.846. The van der Waals surface area contributed by atoms with Crippen molar-refractivity contribution in [1.82, 2.24) is 9.97 Å². The first kappa shape index (κ1) is 18.1. The molecule has 5 aromatic rings. The van der Waals surface area contributed by atoms with Crippen LogP contribution in [0.4, 0.5) is 17.2 Å². The number of pyridine rings is 2. The van der Waals surface area contributed by atoms with Gasteiger partial charge in [0.2, 0.25) is 0 Å². The van der Waals surface area contributed by atoms with Crippen LogP contribution in [0, 0.1) is 0 Å². The van der Waals surface area contributed by atoms with Crippen molar-refractivity contribution in [3.63, 3.8) is 0 Å². The summed E-state index contributed by atoms with van der Waals surface area (Å²) in [4.78, 5) is 12.0. The highest BCUT2D eigenvalue weighted by Crippen LogP contribution is 2.54. The predicted octanol–water partition coefficient (Wildman–Crippen LogP) is 6.90. The van der Waals surface area contributed by atoms with E-state index in [0.29, 0.717) is 0 Å². The zero-order valence-electron chi connectivity index (χ0n) is 19.2. The highest BCUT2D eigenvalue weighted by molar-refractivity contribution is 5.95. The van der Waals surface area contributed by atoms with E-state index in [4.69, 9.17) is 9.97 Å². The molecule has 35 heavy (non-hydrogen) atoms. The summed E-state index contributed by atoms with van der Waals surface area (Å²) in [6, 6.07) is 24.8. The Morgan fingerprint density at radius 2 is 1.37 bits per heavy atom. The summed E-state index contributed by atoms with van der Waals surface area (Å²) in [6.45, 7) is 0. The van der Waals surface area contributed by atoms with Crippen LogP contribution in [0.25, 0.3) is 22.3 Å². The Balaban J connectivity index is 1.29. The second-order valence-electron chi connectivity index (χ2n) is 10.2. The third-order valence-electron chi connectivity index (χ3n) is 8.47. The highest BCUT2D eigenvalue weighted by atomic mass is 15.2. The summed E-state index contributed by atoms with van der Waals surface area (Å²) in [5.41, 5.74) is 19.4. The summed E-state index contributed by atoms with van der Waals surface area (Å²) < 4.78 is 0. The van der Waals surface area contributed by atoms with Gasteiger partial charge < -0.3 is 0 Å². The number of fused-ring (bicyclic) bond motifs is 12. The zero-order valence-corrected chi connectivity index (χ0v) is 19.2. The van der Waals surface area contributed by atoms with Crippen molar-refractivity contribution >= 4 is 17.2 Å². The first-order valence-electron chi connectivity index (χ1n) is 12.4. The lowest BCUT2D eigenvalue weighted by Gasteiger charge is -2.38. The molecule has 0 spiro atoms. The molecular formula is C32H21N3. The van der Waals surface area contributed by atoms with E-state index < -0.39 is 0 Å². The number of benzene rings is 3. The van der Waals surface area contributed by atoms with Crippen molar-refractivity contribution in [3.05, 3.63) is 124 Å². The summed E-state index contributed by atoms with van der Waals surface area (Å²) in [7, 11) is 0. The standard InChI is InChI=1S/C32H21N3/c1-2-6-22-18(4-1)14-25-23(22)8-9-24-26(25)15-19-7-10-29-27(30(19)24)16-20-11-13-33-28-17-21-5-3-12-34-32(21)35(29)31(20)28/h1-13H,14-17H2. The number of anilines is 3. The molecule has 2 aromatic heterocycles. The molecule has 0 saturated heterocycles. The lowest BCUT2D eigenvalue weighted by atomic mass is 9.86. The van der Waals surface area contributed by atoms with Gasteiger partial charge in [0.15, 0.2) is 0 Å². The summed E-state index contributed by atoms with van der Waals surface area (Å²) in [5, 5.41) is 0. The largest absolute Gasteiger partial charge is 0.292 e. The van der Waals surface area contributed by atoms with E-state index >= 15 is 0 Å². The van der Waals surface area contributed by atoms with Crippen molar-refractivity contribution in [2.75, 3.05) is 4.90 Å². The van der Waals surface area contributed by atoms with Crippen LogP contribution in [-0.4, -0.2) is 9.97 Å². The molecule has 164 valence electrons. The third-order valence-corrected chi connectivity index (χ3v) is 8.47. The van der Waals surface area contributed by atoms with Crippen LogP contribution in [0.2, 0.25) is 0 Å². The van der Waals surface area contributed by atoms with Gasteiger partial charge in [-0.15, -0.1) is 0 Å². The predicted molar refractivity (Wildman–Crippen MR) is 139 cm³/mol. The van der Waals surface area contributed by atoms with Crippen LogP contribution in [-0.2, 0) is 25.7 Å². The average Bonchev–Trinajstić information content (AvgIpc) is 3.47. The Hall–Kier alpha value is -4.24. The van der Waals surface area contributed by atoms with E-state index in [-0.39, 0.29) is 0 Å². The van der Waals surface area contributed by atoms with Gasteiger partial charge in [0.25, 0.3) is 0 Å². The zero-order chi connectivity index (χ0) is 22.7. The molecule has 0 bridgehead atoms. The van der Waals surface area contributed by atoms with Crippen molar-refractivity contribution in [3.8, 4) is 22.3 Å². The normalized spacial score (nSPS) is 14.9. The van der Waals surface area contributed by atoms with Gasteiger partial charge in [-0.3, -0.25) is 9.88 Å². The van der Waals surface area contributed by atoms with Crippen LogP contribution < -0.4 is 4.90 Å². The number of aromatic nitrogens is 2. The molecule has 0 fully saturated rings. The third kappa shape index (κ3) is 2.21.